The maximum atomic E-state index is 13.0. The predicted octanol–water partition coefficient (Wildman–Crippen LogP) is 3.74. The first-order valence-corrected chi connectivity index (χ1v) is 11.5. The maximum Gasteiger partial charge on any atom is 0.433 e. The third kappa shape index (κ3) is 5.73. The molecule has 1 aliphatic rings. The highest BCUT2D eigenvalue weighted by molar-refractivity contribution is 6.05. The van der Waals surface area contributed by atoms with Crippen molar-refractivity contribution in [3.8, 4) is 5.75 Å². The van der Waals surface area contributed by atoms with Crippen LogP contribution < -0.4 is 10.1 Å². The lowest BCUT2D eigenvalue weighted by atomic mass is 10.2. The average Bonchev–Trinajstić information content (AvgIpc) is 3.23. The molecule has 1 N–H and O–H groups in total. The van der Waals surface area contributed by atoms with Crippen molar-refractivity contribution < 1.29 is 22.7 Å². The number of pyridine rings is 1. The van der Waals surface area contributed by atoms with E-state index in [4.69, 9.17) is 4.74 Å². The summed E-state index contributed by atoms with van der Waals surface area (Å²) in [5.74, 6) is -0.408. The van der Waals surface area contributed by atoms with E-state index in [9.17, 15) is 18.0 Å². The number of piperazine rings is 1. The van der Waals surface area contributed by atoms with Crippen LogP contribution in [0.2, 0.25) is 0 Å². The Balaban J connectivity index is 1.47. The number of alkyl halides is 3. The fraction of sp³-hybridized carbons (Fsp3) is 0.458. The summed E-state index contributed by atoms with van der Waals surface area (Å²) < 4.78 is 46.1. The van der Waals surface area contributed by atoms with Gasteiger partial charge in [0.1, 0.15) is 17.1 Å². The zero-order valence-corrected chi connectivity index (χ0v) is 20.0. The number of carbonyl (C=O) groups excluding carboxylic acids is 1. The molecule has 0 radical (unpaired) electrons. The molecule has 188 valence electrons. The Morgan fingerprint density at radius 3 is 2.71 bits per heavy atom. The van der Waals surface area contributed by atoms with Gasteiger partial charge in [0.05, 0.1) is 24.9 Å². The molecule has 0 spiro atoms. The van der Waals surface area contributed by atoms with Gasteiger partial charge in [0.15, 0.2) is 0 Å². The number of nitrogens with one attached hydrogen (secondary N) is 1. The number of likely N-dealkylation sites (N-methyl/N-ethyl adjacent to an activating group) is 1. The van der Waals surface area contributed by atoms with Gasteiger partial charge in [0.2, 0.25) is 0 Å². The highest BCUT2D eigenvalue weighted by Crippen LogP contribution is 2.31. The molecule has 1 saturated heterocycles. The van der Waals surface area contributed by atoms with E-state index in [1.54, 1.807) is 12.1 Å². The second kappa shape index (κ2) is 10.2. The van der Waals surface area contributed by atoms with Gasteiger partial charge in [-0.3, -0.25) is 19.3 Å². The van der Waals surface area contributed by atoms with Crippen LogP contribution in [0.3, 0.4) is 0 Å². The summed E-state index contributed by atoms with van der Waals surface area (Å²) in [4.78, 5) is 21.0. The number of aromatic nitrogens is 3. The van der Waals surface area contributed by atoms with Gasteiger partial charge in [-0.25, -0.2) is 4.98 Å². The number of fused-ring (bicyclic) bond motifs is 1. The van der Waals surface area contributed by atoms with Crippen molar-refractivity contribution >= 4 is 22.5 Å². The van der Waals surface area contributed by atoms with Crippen molar-refractivity contribution in [2.75, 3.05) is 45.2 Å². The van der Waals surface area contributed by atoms with Gasteiger partial charge in [-0.1, -0.05) is 13.0 Å². The van der Waals surface area contributed by atoms with Crippen LogP contribution in [-0.2, 0) is 12.7 Å². The first-order chi connectivity index (χ1) is 16.7. The topological polar surface area (TPSA) is 75.5 Å². The highest BCUT2D eigenvalue weighted by Gasteiger charge is 2.33. The molecule has 4 rings (SSSR count). The zero-order valence-electron chi connectivity index (χ0n) is 20.0. The number of methoxy groups -OCH3 is 1. The molecule has 1 aromatic carbocycles. The molecular formula is C24H29F3N6O2. The Morgan fingerprint density at radius 1 is 1.23 bits per heavy atom. The van der Waals surface area contributed by atoms with Crippen LogP contribution in [0.25, 0.3) is 10.9 Å². The first kappa shape index (κ1) is 24.9. The molecule has 35 heavy (non-hydrogen) atoms. The smallest absolute Gasteiger partial charge is 0.433 e. The minimum atomic E-state index is -4.64. The van der Waals surface area contributed by atoms with E-state index in [0.29, 0.717) is 29.5 Å². The molecule has 3 aromatic rings. The Kier molecular flexibility index (Phi) is 7.27. The van der Waals surface area contributed by atoms with Crippen LogP contribution in [0.15, 0.2) is 36.5 Å². The van der Waals surface area contributed by atoms with Crippen molar-refractivity contribution in [1.29, 1.82) is 0 Å². The van der Waals surface area contributed by atoms with Crippen molar-refractivity contribution in [3.05, 3.63) is 47.9 Å². The lowest BCUT2D eigenvalue weighted by Gasteiger charge is -2.39. The van der Waals surface area contributed by atoms with E-state index >= 15 is 0 Å². The molecule has 0 saturated carbocycles. The van der Waals surface area contributed by atoms with Gasteiger partial charge in [0.25, 0.3) is 5.91 Å². The molecule has 1 aliphatic heterocycles. The summed E-state index contributed by atoms with van der Waals surface area (Å²) in [6.45, 7) is 10.2. The van der Waals surface area contributed by atoms with E-state index in [-0.39, 0.29) is 5.69 Å². The minimum absolute atomic E-state index is 0.327. The molecular weight excluding hydrogens is 461 g/mol. The standard InChI is InChI=1S/C24H29F3N6O2/c1-4-32-10-8-31(14-16(32)2)9-11-33-15-17-12-20(21(35-3)13-19(17)30-33)29-23(34)18-6-5-7-22(28-18)24(25,26)27/h5-7,12-13,15-16H,4,8-11,14H2,1-3H3,(H,29,34)/t16-/m0/s1. The van der Waals surface area contributed by atoms with Gasteiger partial charge in [-0.15, -0.1) is 0 Å². The monoisotopic (exact) mass is 490 g/mol. The van der Waals surface area contributed by atoms with Crippen molar-refractivity contribution in [2.24, 2.45) is 0 Å². The summed E-state index contributed by atoms with van der Waals surface area (Å²) >= 11 is 0. The second-order valence-electron chi connectivity index (χ2n) is 8.64. The molecule has 1 atom stereocenters. The van der Waals surface area contributed by atoms with Crippen LogP contribution in [0, 0.1) is 0 Å². The lowest BCUT2D eigenvalue weighted by Crippen LogP contribution is -2.52. The summed E-state index contributed by atoms with van der Waals surface area (Å²) in [6.07, 6.45) is -2.75. The number of benzene rings is 1. The lowest BCUT2D eigenvalue weighted by molar-refractivity contribution is -0.141. The highest BCUT2D eigenvalue weighted by atomic mass is 19.4. The van der Waals surface area contributed by atoms with Crippen LogP contribution in [-0.4, -0.2) is 76.3 Å². The summed E-state index contributed by atoms with van der Waals surface area (Å²) in [7, 11) is 1.45. The quantitative estimate of drug-likeness (QED) is 0.544. The number of hydrogen-bond acceptors (Lipinski definition) is 6. The Morgan fingerprint density at radius 2 is 2.03 bits per heavy atom. The molecule has 0 bridgehead atoms. The van der Waals surface area contributed by atoms with Crippen LogP contribution in [0.1, 0.15) is 30.0 Å². The third-order valence-corrected chi connectivity index (χ3v) is 6.29. The summed E-state index contributed by atoms with van der Waals surface area (Å²) in [5, 5.41) is 8.01. The van der Waals surface area contributed by atoms with Crippen LogP contribution in [0.5, 0.6) is 5.75 Å². The maximum absolute atomic E-state index is 13.0. The number of rotatable bonds is 7. The van der Waals surface area contributed by atoms with E-state index in [1.807, 2.05) is 10.9 Å². The van der Waals surface area contributed by atoms with Gasteiger partial charge < -0.3 is 10.1 Å². The average molecular weight is 491 g/mol. The van der Waals surface area contributed by atoms with E-state index in [1.165, 1.54) is 13.2 Å². The van der Waals surface area contributed by atoms with Gasteiger partial charge >= 0.3 is 6.18 Å². The molecule has 1 amide bonds. The number of halogens is 3. The number of hydrogen-bond donors (Lipinski definition) is 1. The van der Waals surface area contributed by atoms with E-state index in [2.05, 4.69) is 39.0 Å². The van der Waals surface area contributed by atoms with E-state index in [0.717, 1.165) is 50.2 Å². The molecule has 11 heteroatoms. The number of nitrogens with zero attached hydrogens (tertiary/aromatic N) is 5. The SMILES string of the molecule is CCN1CCN(CCn2cc3cc(NC(=O)c4cccc(C(F)(F)F)n4)c(OC)cc3n2)C[C@@H]1C. The predicted molar refractivity (Wildman–Crippen MR) is 127 cm³/mol. The fourth-order valence-corrected chi connectivity index (χ4v) is 4.38. The van der Waals surface area contributed by atoms with Gasteiger partial charge in [0, 0.05) is 49.9 Å². The normalized spacial score (nSPS) is 17.6. The molecule has 3 heterocycles. The molecule has 2 aromatic heterocycles. The van der Waals surface area contributed by atoms with Crippen LogP contribution >= 0.6 is 0 Å². The van der Waals surface area contributed by atoms with Crippen molar-refractivity contribution in [2.45, 2.75) is 32.6 Å². The van der Waals surface area contributed by atoms with Gasteiger partial charge in [-0.05, 0) is 31.7 Å². The number of amides is 1. The molecule has 0 aliphatic carbocycles. The van der Waals surface area contributed by atoms with Crippen molar-refractivity contribution in [3.63, 3.8) is 0 Å². The van der Waals surface area contributed by atoms with Gasteiger partial charge in [-0.2, -0.15) is 18.3 Å². The Hall–Kier alpha value is -3.18. The second-order valence-corrected chi connectivity index (χ2v) is 8.64. The van der Waals surface area contributed by atoms with Crippen LogP contribution in [0.4, 0.5) is 18.9 Å². The first-order valence-electron chi connectivity index (χ1n) is 11.5. The van der Waals surface area contributed by atoms with E-state index < -0.39 is 17.8 Å². The summed E-state index contributed by atoms with van der Waals surface area (Å²) in [5.41, 5.74) is -0.441. The fourth-order valence-electron chi connectivity index (χ4n) is 4.38. The largest absolute Gasteiger partial charge is 0.494 e. The Labute approximate surface area is 201 Å². The number of carbonyl (C=O) groups is 1. The van der Waals surface area contributed by atoms with Crippen molar-refractivity contribution in [1.82, 2.24) is 24.6 Å². The molecule has 8 nitrogen and oxygen atoms in total. The number of ether oxygens (including phenoxy) is 1. The third-order valence-electron chi connectivity index (χ3n) is 6.29. The molecule has 0 unspecified atom stereocenters. The molecule has 1 fully saturated rings. The zero-order chi connectivity index (χ0) is 25.2. The minimum Gasteiger partial charge on any atom is -0.494 e. The summed E-state index contributed by atoms with van der Waals surface area (Å²) in [6, 6.07) is 7.12. The number of anilines is 1. The Bertz CT molecular complexity index is 1200.